The fourth-order valence-corrected chi connectivity index (χ4v) is 2.61. The summed E-state index contributed by atoms with van der Waals surface area (Å²) in [4.78, 5) is 13.5. The minimum absolute atomic E-state index is 0.0624. The summed E-state index contributed by atoms with van der Waals surface area (Å²) in [7, 11) is 0. The van der Waals surface area contributed by atoms with E-state index >= 15 is 0 Å². The molecule has 21 heavy (non-hydrogen) atoms. The van der Waals surface area contributed by atoms with Gasteiger partial charge >= 0.3 is 6.18 Å². The van der Waals surface area contributed by atoms with Crippen molar-refractivity contribution in [1.82, 2.24) is 10.2 Å². The third kappa shape index (κ3) is 4.11. The summed E-state index contributed by atoms with van der Waals surface area (Å²) in [6.07, 6.45) is -5.64. The molecule has 1 heterocycles. The molecule has 0 aromatic heterocycles. The first-order chi connectivity index (χ1) is 9.78. The molecule has 2 atom stereocenters. The minimum Gasteiger partial charge on any atom is -0.322 e. The zero-order valence-electron chi connectivity index (χ0n) is 11.5. The van der Waals surface area contributed by atoms with Gasteiger partial charge in [-0.3, -0.25) is 10.1 Å². The lowest BCUT2D eigenvalue weighted by molar-refractivity contribution is -0.140. The standard InChI is InChI=1S/C14H16ClF3N2O/c1-9-13(21)20(7-3-6-14(16,17)18)12(19-9)10-4-2-5-11(15)8-10/h2,4-5,8-9,12,19H,3,6-7H2,1H3. The van der Waals surface area contributed by atoms with Gasteiger partial charge in [0.1, 0.15) is 6.17 Å². The molecule has 0 aliphatic carbocycles. The second-order valence-electron chi connectivity index (χ2n) is 5.10. The molecule has 2 rings (SSSR count). The summed E-state index contributed by atoms with van der Waals surface area (Å²) in [6.45, 7) is 1.76. The highest BCUT2D eigenvalue weighted by molar-refractivity contribution is 6.30. The zero-order chi connectivity index (χ0) is 15.6. The molecule has 1 aliphatic heterocycles. The summed E-state index contributed by atoms with van der Waals surface area (Å²) in [6, 6.07) is 6.55. The Balaban J connectivity index is 2.10. The predicted molar refractivity (Wildman–Crippen MR) is 73.8 cm³/mol. The Hall–Kier alpha value is -1.27. The van der Waals surface area contributed by atoms with E-state index in [0.717, 1.165) is 5.56 Å². The van der Waals surface area contributed by atoms with Crippen LogP contribution in [0.1, 0.15) is 31.5 Å². The maximum absolute atomic E-state index is 12.2. The fourth-order valence-electron chi connectivity index (χ4n) is 2.42. The largest absolute Gasteiger partial charge is 0.389 e. The third-order valence-electron chi connectivity index (χ3n) is 3.40. The molecule has 0 spiro atoms. The SMILES string of the molecule is CC1NC(c2cccc(Cl)c2)N(CCCC(F)(F)F)C1=O. The van der Waals surface area contributed by atoms with Gasteiger partial charge in [-0.15, -0.1) is 0 Å². The Morgan fingerprint density at radius 3 is 2.71 bits per heavy atom. The van der Waals surface area contributed by atoms with Crippen molar-refractivity contribution in [2.75, 3.05) is 6.54 Å². The lowest BCUT2D eigenvalue weighted by Gasteiger charge is -2.25. The first kappa shape index (κ1) is 16.1. The van der Waals surface area contributed by atoms with E-state index in [1.807, 2.05) is 0 Å². The highest BCUT2D eigenvalue weighted by Gasteiger charge is 2.37. The van der Waals surface area contributed by atoms with E-state index in [-0.39, 0.29) is 18.9 Å². The number of nitrogens with zero attached hydrogens (tertiary/aromatic N) is 1. The lowest BCUT2D eigenvalue weighted by atomic mass is 10.1. The summed E-state index contributed by atoms with van der Waals surface area (Å²) in [5, 5.41) is 3.61. The van der Waals surface area contributed by atoms with Gasteiger partial charge in [0.05, 0.1) is 6.04 Å². The monoisotopic (exact) mass is 320 g/mol. The van der Waals surface area contributed by atoms with Crippen LogP contribution >= 0.6 is 11.6 Å². The van der Waals surface area contributed by atoms with Gasteiger partial charge in [0.15, 0.2) is 0 Å². The molecular weight excluding hydrogens is 305 g/mol. The molecule has 3 nitrogen and oxygen atoms in total. The van der Waals surface area contributed by atoms with Crippen molar-refractivity contribution < 1.29 is 18.0 Å². The Labute approximate surface area is 126 Å². The highest BCUT2D eigenvalue weighted by Crippen LogP contribution is 2.28. The van der Waals surface area contributed by atoms with E-state index < -0.39 is 24.8 Å². The third-order valence-corrected chi connectivity index (χ3v) is 3.63. The number of hydrogen-bond acceptors (Lipinski definition) is 2. The summed E-state index contributed by atoms with van der Waals surface area (Å²) in [5.74, 6) is -0.192. The number of benzene rings is 1. The summed E-state index contributed by atoms with van der Waals surface area (Å²) in [5.41, 5.74) is 0.771. The molecule has 116 valence electrons. The van der Waals surface area contributed by atoms with Crippen molar-refractivity contribution in [3.63, 3.8) is 0 Å². The Morgan fingerprint density at radius 2 is 2.10 bits per heavy atom. The van der Waals surface area contributed by atoms with E-state index in [9.17, 15) is 18.0 Å². The van der Waals surface area contributed by atoms with Crippen molar-refractivity contribution in [3.05, 3.63) is 34.9 Å². The van der Waals surface area contributed by atoms with Crippen LogP contribution < -0.4 is 5.32 Å². The molecule has 0 radical (unpaired) electrons. The molecule has 0 bridgehead atoms. The summed E-state index contributed by atoms with van der Waals surface area (Å²) < 4.78 is 36.7. The van der Waals surface area contributed by atoms with E-state index in [1.54, 1.807) is 31.2 Å². The van der Waals surface area contributed by atoms with Crippen LogP contribution in [0.4, 0.5) is 13.2 Å². The van der Waals surface area contributed by atoms with Crippen molar-refractivity contribution in [2.24, 2.45) is 0 Å². The van der Waals surface area contributed by atoms with Gasteiger partial charge in [-0.25, -0.2) is 0 Å². The van der Waals surface area contributed by atoms with Crippen LogP contribution in [0.5, 0.6) is 0 Å². The maximum Gasteiger partial charge on any atom is 0.389 e. The number of carbonyl (C=O) groups excluding carboxylic acids is 1. The number of carbonyl (C=O) groups is 1. The van der Waals surface area contributed by atoms with Gasteiger partial charge in [-0.2, -0.15) is 13.2 Å². The van der Waals surface area contributed by atoms with Crippen LogP contribution in [-0.4, -0.2) is 29.6 Å². The minimum atomic E-state index is -4.20. The van der Waals surface area contributed by atoms with Crippen molar-refractivity contribution in [3.8, 4) is 0 Å². The molecule has 7 heteroatoms. The second-order valence-corrected chi connectivity index (χ2v) is 5.53. The van der Waals surface area contributed by atoms with Crippen molar-refractivity contribution >= 4 is 17.5 Å². The fraction of sp³-hybridized carbons (Fsp3) is 0.500. The maximum atomic E-state index is 12.2. The van der Waals surface area contributed by atoms with Crippen LogP contribution in [0.15, 0.2) is 24.3 Å². The number of amides is 1. The molecule has 1 aromatic carbocycles. The van der Waals surface area contributed by atoms with Gasteiger partial charge in [0, 0.05) is 18.0 Å². The molecule has 1 fully saturated rings. The van der Waals surface area contributed by atoms with Crippen molar-refractivity contribution in [1.29, 1.82) is 0 Å². The predicted octanol–water partition coefficient (Wildman–Crippen LogP) is 3.50. The summed E-state index contributed by atoms with van der Waals surface area (Å²) >= 11 is 5.93. The average molecular weight is 321 g/mol. The molecule has 1 aromatic rings. The molecular formula is C14H16ClF3N2O. The van der Waals surface area contributed by atoms with E-state index in [2.05, 4.69) is 5.32 Å². The molecule has 0 saturated carbocycles. The molecule has 1 N–H and O–H groups in total. The van der Waals surface area contributed by atoms with E-state index in [4.69, 9.17) is 11.6 Å². The van der Waals surface area contributed by atoms with Crippen LogP contribution in [0.25, 0.3) is 0 Å². The van der Waals surface area contributed by atoms with Gasteiger partial charge in [-0.1, -0.05) is 23.7 Å². The van der Waals surface area contributed by atoms with E-state index in [0.29, 0.717) is 5.02 Å². The Morgan fingerprint density at radius 1 is 1.38 bits per heavy atom. The lowest BCUT2D eigenvalue weighted by Crippen LogP contribution is -2.32. The highest BCUT2D eigenvalue weighted by atomic mass is 35.5. The number of halogens is 4. The number of rotatable bonds is 4. The molecule has 2 unspecified atom stereocenters. The van der Waals surface area contributed by atoms with Crippen LogP contribution in [0.3, 0.4) is 0 Å². The van der Waals surface area contributed by atoms with Gasteiger partial charge in [0.2, 0.25) is 5.91 Å². The number of nitrogens with one attached hydrogen (secondary N) is 1. The second kappa shape index (κ2) is 6.23. The van der Waals surface area contributed by atoms with Crippen LogP contribution in [0, 0.1) is 0 Å². The first-order valence-corrected chi connectivity index (χ1v) is 7.04. The van der Waals surface area contributed by atoms with Crippen LogP contribution in [0.2, 0.25) is 5.02 Å². The number of hydrogen-bond donors (Lipinski definition) is 1. The normalized spacial score (nSPS) is 22.9. The average Bonchev–Trinajstić information content (AvgIpc) is 2.65. The molecule has 1 aliphatic rings. The number of alkyl halides is 3. The van der Waals surface area contributed by atoms with Crippen molar-refractivity contribution in [2.45, 2.75) is 38.1 Å². The Bertz CT molecular complexity index is 521. The first-order valence-electron chi connectivity index (χ1n) is 6.67. The topological polar surface area (TPSA) is 32.3 Å². The van der Waals surface area contributed by atoms with Gasteiger partial charge in [-0.05, 0) is 31.0 Å². The Kier molecular flexibility index (Phi) is 4.78. The quantitative estimate of drug-likeness (QED) is 0.921. The van der Waals surface area contributed by atoms with Crippen LogP contribution in [-0.2, 0) is 4.79 Å². The zero-order valence-corrected chi connectivity index (χ0v) is 12.2. The van der Waals surface area contributed by atoms with Gasteiger partial charge < -0.3 is 4.90 Å². The van der Waals surface area contributed by atoms with E-state index in [1.165, 1.54) is 4.90 Å². The smallest absolute Gasteiger partial charge is 0.322 e. The molecule has 1 saturated heterocycles. The molecule has 1 amide bonds. The van der Waals surface area contributed by atoms with Gasteiger partial charge in [0.25, 0.3) is 0 Å².